The van der Waals surface area contributed by atoms with E-state index >= 15 is 0 Å². The zero-order valence-electron chi connectivity index (χ0n) is 10.1. The first-order valence-corrected chi connectivity index (χ1v) is 6.65. The predicted molar refractivity (Wildman–Crippen MR) is 62.8 cm³/mol. The van der Waals surface area contributed by atoms with E-state index in [1.165, 1.54) is 57.7 Å². The number of hydrogen-bond acceptors (Lipinski definition) is 1. The van der Waals surface area contributed by atoms with E-state index in [-0.39, 0.29) is 5.41 Å². The van der Waals surface area contributed by atoms with Crippen molar-refractivity contribution in [1.82, 2.24) is 0 Å². The van der Waals surface area contributed by atoms with Crippen LogP contribution in [0.25, 0.3) is 0 Å². The lowest BCUT2D eigenvalue weighted by molar-refractivity contribution is -0.120. The zero-order chi connectivity index (χ0) is 10.8. The molecule has 0 aromatic rings. The van der Waals surface area contributed by atoms with Crippen molar-refractivity contribution in [2.75, 3.05) is 0 Å². The van der Waals surface area contributed by atoms with Gasteiger partial charge in [-0.1, -0.05) is 39.0 Å². The smallest absolute Gasteiger partial charge is 0.126 e. The van der Waals surface area contributed by atoms with E-state index in [4.69, 9.17) is 0 Å². The van der Waals surface area contributed by atoms with Gasteiger partial charge in [0.2, 0.25) is 0 Å². The number of rotatable bonds is 3. The second-order valence-electron chi connectivity index (χ2n) is 6.24. The average Bonchev–Trinajstić information content (AvgIpc) is 2.66. The molecule has 2 rings (SSSR count). The molecule has 2 aliphatic carbocycles. The number of carbonyl (C=O) groups excluding carboxylic acids is 1. The van der Waals surface area contributed by atoms with Gasteiger partial charge in [0.1, 0.15) is 6.29 Å². The first kappa shape index (κ1) is 11.2. The lowest BCUT2D eigenvalue weighted by Crippen LogP contribution is -2.32. The molecule has 0 radical (unpaired) electrons. The van der Waals surface area contributed by atoms with Crippen molar-refractivity contribution in [2.24, 2.45) is 10.8 Å². The molecule has 0 spiro atoms. The van der Waals surface area contributed by atoms with Crippen molar-refractivity contribution < 1.29 is 4.79 Å². The van der Waals surface area contributed by atoms with Crippen molar-refractivity contribution >= 4 is 6.29 Å². The van der Waals surface area contributed by atoms with Crippen LogP contribution in [0, 0.1) is 10.8 Å². The van der Waals surface area contributed by atoms with Gasteiger partial charge in [0.05, 0.1) is 0 Å². The SMILES string of the molecule is CC1(CC2(C=O)CCCCC2)CCCC1. The number of carbonyl (C=O) groups is 1. The molecule has 86 valence electrons. The van der Waals surface area contributed by atoms with Gasteiger partial charge in [-0.25, -0.2) is 0 Å². The minimum absolute atomic E-state index is 0.0668. The first-order valence-electron chi connectivity index (χ1n) is 6.65. The van der Waals surface area contributed by atoms with E-state index in [0.717, 1.165) is 12.8 Å². The Morgan fingerprint density at radius 3 is 2.00 bits per heavy atom. The molecule has 0 saturated heterocycles. The van der Waals surface area contributed by atoms with Gasteiger partial charge in [-0.05, 0) is 37.5 Å². The fourth-order valence-electron chi connectivity index (χ4n) is 3.85. The molecule has 0 aromatic carbocycles. The highest BCUT2D eigenvalue weighted by Gasteiger charge is 2.40. The van der Waals surface area contributed by atoms with E-state index in [2.05, 4.69) is 6.92 Å². The lowest BCUT2D eigenvalue weighted by atomic mass is 9.65. The standard InChI is InChI=1S/C14H24O/c1-13(7-5-6-8-13)11-14(12-15)9-3-2-4-10-14/h12H,2-11H2,1H3. The van der Waals surface area contributed by atoms with Crippen LogP contribution in [0.1, 0.15) is 71.1 Å². The minimum Gasteiger partial charge on any atom is -0.303 e. The highest BCUT2D eigenvalue weighted by Crippen LogP contribution is 2.50. The lowest BCUT2D eigenvalue weighted by Gasteiger charge is -2.38. The molecular weight excluding hydrogens is 184 g/mol. The maximum atomic E-state index is 11.4. The van der Waals surface area contributed by atoms with Gasteiger partial charge in [-0.2, -0.15) is 0 Å². The molecule has 0 aliphatic heterocycles. The Hall–Kier alpha value is -0.330. The van der Waals surface area contributed by atoms with E-state index in [9.17, 15) is 4.79 Å². The van der Waals surface area contributed by atoms with Crippen molar-refractivity contribution in [2.45, 2.75) is 71.1 Å². The Balaban J connectivity index is 2.02. The third kappa shape index (κ3) is 2.43. The van der Waals surface area contributed by atoms with Crippen molar-refractivity contribution in [3.05, 3.63) is 0 Å². The van der Waals surface area contributed by atoms with Gasteiger partial charge in [0.15, 0.2) is 0 Å². The summed E-state index contributed by atoms with van der Waals surface area (Å²) < 4.78 is 0. The van der Waals surface area contributed by atoms with E-state index in [1.807, 2.05) is 0 Å². The summed E-state index contributed by atoms with van der Waals surface area (Å²) in [7, 11) is 0. The fraction of sp³-hybridized carbons (Fsp3) is 0.929. The highest BCUT2D eigenvalue weighted by atomic mass is 16.1. The van der Waals surface area contributed by atoms with Crippen LogP contribution in [0.15, 0.2) is 0 Å². The number of aldehydes is 1. The molecule has 15 heavy (non-hydrogen) atoms. The molecule has 0 N–H and O–H groups in total. The van der Waals surface area contributed by atoms with Gasteiger partial charge in [0.25, 0.3) is 0 Å². The van der Waals surface area contributed by atoms with Gasteiger partial charge >= 0.3 is 0 Å². The van der Waals surface area contributed by atoms with Crippen LogP contribution in [0.4, 0.5) is 0 Å². The molecule has 2 fully saturated rings. The second kappa shape index (κ2) is 4.27. The van der Waals surface area contributed by atoms with Crippen LogP contribution in [-0.2, 0) is 4.79 Å². The third-order valence-corrected chi connectivity index (χ3v) is 4.69. The van der Waals surface area contributed by atoms with Gasteiger partial charge in [0, 0.05) is 5.41 Å². The normalized spacial score (nSPS) is 28.9. The van der Waals surface area contributed by atoms with E-state index in [0.29, 0.717) is 5.41 Å². The van der Waals surface area contributed by atoms with Crippen molar-refractivity contribution in [3.8, 4) is 0 Å². The van der Waals surface area contributed by atoms with E-state index in [1.54, 1.807) is 0 Å². The maximum absolute atomic E-state index is 11.4. The van der Waals surface area contributed by atoms with Crippen LogP contribution in [0.3, 0.4) is 0 Å². The van der Waals surface area contributed by atoms with Crippen LogP contribution in [-0.4, -0.2) is 6.29 Å². The predicted octanol–water partition coefficient (Wildman–Crippen LogP) is 4.11. The summed E-state index contributed by atoms with van der Waals surface area (Å²) in [6.45, 7) is 2.40. The average molecular weight is 208 g/mol. The Morgan fingerprint density at radius 2 is 1.47 bits per heavy atom. The number of hydrogen-bond donors (Lipinski definition) is 0. The summed E-state index contributed by atoms with van der Waals surface area (Å²) in [5, 5.41) is 0. The topological polar surface area (TPSA) is 17.1 Å². The summed E-state index contributed by atoms with van der Waals surface area (Å²) >= 11 is 0. The zero-order valence-corrected chi connectivity index (χ0v) is 10.1. The highest BCUT2D eigenvalue weighted by molar-refractivity contribution is 5.59. The maximum Gasteiger partial charge on any atom is 0.126 e. The third-order valence-electron chi connectivity index (χ3n) is 4.69. The largest absolute Gasteiger partial charge is 0.303 e. The summed E-state index contributed by atoms with van der Waals surface area (Å²) in [5.41, 5.74) is 0.551. The summed E-state index contributed by atoms with van der Waals surface area (Å²) in [4.78, 5) is 11.4. The molecule has 2 aliphatic rings. The molecule has 2 saturated carbocycles. The molecule has 0 bridgehead atoms. The summed E-state index contributed by atoms with van der Waals surface area (Å²) in [6.07, 6.45) is 14.1. The molecule has 0 unspecified atom stereocenters. The molecule has 0 aromatic heterocycles. The molecule has 0 heterocycles. The molecule has 1 heteroatoms. The van der Waals surface area contributed by atoms with Crippen LogP contribution >= 0.6 is 0 Å². The Labute approximate surface area is 93.6 Å². The van der Waals surface area contributed by atoms with Gasteiger partial charge in [-0.15, -0.1) is 0 Å². The van der Waals surface area contributed by atoms with Crippen LogP contribution < -0.4 is 0 Å². The van der Waals surface area contributed by atoms with E-state index < -0.39 is 0 Å². The Kier molecular flexibility index (Phi) is 3.18. The monoisotopic (exact) mass is 208 g/mol. The molecule has 1 nitrogen and oxygen atoms in total. The van der Waals surface area contributed by atoms with Gasteiger partial charge in [-0.3, -0.25) is 0 Å². The second-order valence-corrected chi connectivity index (χ2v) is 6.24. The summed E-state index contributed by atoms with van der Waals surface area (Å²) in [5.74, 6) is 0. The van der Waals surface area contributed by atoms with Crippen molar-refractivity contribution in [1.29, 1.82) is 0 Å². The quantitative estimate of drug-likeness (QED) is 0.638. The van der Waals surface area contributed by atoms with Crippen LogP contribution in [0.2, 0.25) is 0 Å². The van der Waals surface area contributed by atoms with Crippen molar-refractivity contribution in [3.63, 3.8) is 0 Å². The fourth-order valence-corrected chi connectivity index (χ4v) is 3.85. The summed E-state index contributed by atoms with van der Waals surface area (Å²) in [6, 6.07) is 0. The molecule has 0 amide bonds. The molecular formula is C14H24O. The Morgan fingerprint density at radius 1 is 0.933 bits per heavy atom. The van der Waals surface area contributed by atoms with Crippen LogP contribution in [0.5, 0.6) is 0 Å². The Bertz CT molecular complexity index is 219. The minimum atomic E-state index is 0.0668. The molecule has 0 atom stereocenters. The first-order chi connectivity index (χ1) is 7.18. The van der Waals surface area contributed by atoms with Gasteiger partial charge < -0.3 is 4.79 Å².